The van der Waals surface area contributed by atoms with Crippen molar-refractivity contribution >= 4 is 11.5 Å². The van der Waals surface area contributed by atoms with Gasteiger partial charge in [0.05, 0.1) is 0 Å². The SMILES string of the molecule is CCCn1c2c(c(=O)n(CCC)c1=O)NC(c1cc(C)[nH]n1)N2. The number of aryl methyl sites for hydroxylation is 1. The van der Waals surface area contributed by atoms with Crippen LogP contribution in [0.2, 0.25) is 0 Å². The molecule has 0 bridgehead atoms. The van der Waals surface area contributed by atoms with E-state index < -0.39 is 0 Å². The van der Waals surface area contributed by atoms with Crippen LogP contribution in [0.1, 0.15) is 44.2 Å². The normalized spacial score (nSPS) is 16.0. The molecule has 2 aromatic rings. The number of nitrogens with zero attached hydrogens (tertiary/aromatic N) is 3. The monoisotopic (exact) mass is 318 g/mol. The van der Waals surface area contributed by atoms with Crippen molar-refractivity contribution in [2.24, 2.45) is 0 Å². The second kappa shape index (κ2) is 5.94. The molecule has 1 atom stereocenters. The highest BCUT2D eigenvalue weighted by Crippen LogP contribution is 2.31. The summed E-state index contributed by atoms with van der Waals surface area (Å²) < 4.78 is 2.94. The predicted octanol–water partition coefficient (Wildman–Crippen LogP) is 1.40. The lowest BCUT2D eigenvalue weighted by Gasteiger charge is -2.13. The minimum absolute atomic E-state index is 0.259. The van der Waals surface area contributed by atoms with Crippen molar-refractivity contribution in [3.63, 3.8) is 0 Å². The van der Waals surface area contributed by atoms with E-state index in [0.29, 0.717) is 24.6 Å². The fourth-order valence-electron chi connectivity index (χ4n) is 2.88. The van der Waals surface area contributed by atoms with Crippen LogP contribution in [0.3, 0.4) is 0 Å². The zero-order chi connectivity index (χ0) is 16.6. The highest BCUT2D eigenvalue weighted by atomic mass is 16.2. The zero-order valence-electron chi connectivity index (χ0n) is 13.6. The van der Waals surface area contributed by atoms with Gasteiger partial charge in [0.1, 0.15) is 23.4 Å². The van der Waals surface area contributed by atoms with Crippen molar-refractivity contribution < 1.29 is 0 Å². The number of nitrogens with one attached hydrogen (secondary N) is 3. The molecule has 8 heteroatoms. The summed E-state index contributed by atoms with van der Waals surface area (Å²) in [6.07, 6.45) is 1.22. The van der Waals surface area contributed by atoms with Crippen molar-refractivity contribution in [2.75, 3.05) is 10.6 Å². The molecule has 23 heavy (non-hydrogen) atoms. The van der Waals surface area contributed by atoms with Gasteiger partial charge in [-0.25, -0.2) is 4.79 Å². The van der Waals surface area contributed by atoms with E-state index in [4.69, 9.17) is 0 Å². The second-order valence-electron chi connectivity index (χ2n) is 5.81. The van der Waals surface area contributed by atoms with E-state index in [1.165, 1.54) is 4.57 Å². The van der Waals surface area contributed by atoms with Gasteiger partial charge in [0.25, 0.3) is 5.56 Å². The number of anilines is 2. The lowest BCUT2D eigenvalue weighted by atomic mass is 10.3. The molecular formula is C15H22N6O2. The Hall–Kier alpha value is -2.51. The van der Waals surface area contributed by atoms with Crippen molar-refractivity contribution in [3.8, 4) is 0 Å². The Balaban J connectivity index is 2.10. The molecule has 3 N–H and O–H groups in total. The van der Waals surface area contributed by atoms with E-state index in [1.807, 2.05) is 26.8 Å². The number of hydrogen-bond donors (Lipinski definition) is 3. The van der Waals surface area contributed by atoms with Gasteiger partial charge in [-0.15, -0.1) is 0 Å². The summed E-state index contributed by atoms with van der Waals surface area (Å²) in [5.74, 6) is 0.555. The van der Waals surface area contributed by atoms with Crippen LogP contribution in [0.4, 0.5) is 11.5 Å². The van der Waals surface area contributed by atoms with Crippen LogP contribution in [-0.2, 0) is 13.1 Å². The van der Waals surface area contributed by atoms with Gasteiger partial charge in [-0.1, -0.05) is 13.8 Å². The van der Waals surface area contributed by atoms with E-state index in [9.17, 15) is 9.59 Å². The van der Waals surface area contributed by atoms with E-state index >= 15 is 0 Å². The van der Waals surface area contributed by atoms with Gasteiger partial charge in [-0.3, -0.25) is 19.0 Å². The summed E-state index contributed by atoms with van der Waals surface area (Å²) in [6, 6.07) is 1.91. The molecule has 0 saturated carbocycles. The largest absolute Gasteiger partial charge is 0.353 e. The minimum atomic E-state index is -0.317. The lowest BCUT2D eigenvalue weighted by molar-refractivity contribution is 0.549. The molecule has 0 spiro atoms. The van der Waals surface area contributed by atoms with Crippen LogP contribution >= 0.6 is 0 Å². The topological polar surface area (TPSA) is 96.7 Å². The van der Waals surface area contributed by atoms with E-state index in [0.717, 1.165) is 24.2 Å². The summed E-state index contributed by atoms with van der Waals surface area (Å²) in [7, 11) is 0. The van der Waals surface area contributed by atoms with Gasteiger partial charge < -0.3 is 10.6 Å². The summed E-state index contributed by atoms with van der Waals surface area (Å²) in [5.41, 5.74) is 1.61. The molecule has 0 amide bonds. The third-order valence-corrected chi connectivity index (χ3v) is 3.91. The molecule has 0 fully saturated rings. The Kier molecular flexibility index (Phi) is 3.97. The van der Waals surface area contributed by atoms with Crippen molar-refractivity contribution in [1.29, 1.82) is 0 Å². The van der Waals surface area contributed by atoms with Gasteiger partial charge in [0.2, 0.25) is 0 Å². The van der Waals surface area contributed by atoms with Gasteiger partial charge in [0, 0.05) is 18.8 Å². The molecule has 1 unspecified atom stereocenters. The van der Waals surface area contributed by atoms with Crippen LogP contribution < -0.4 is 21.9 Å². The van der Waals surface area contributed by atoms with Crippen molar-refractivity contribution in [1.82, 2.24) is 19.3 Å². The Morgan fingerprint density at radius 3 is 2.43 bits per heavy atom. The molecule has 124 valence electrons. The quantitative estimate of drug-likeness (QED) is 0.774. The fraction of sp³-hybridized carbons (Fsp3) is 0.533. The maximum Gasteiger partial charge on any atom is 0.332 e. The highest BCUT2D eigenvalue weighted by Gasteiger charge is 2.30. The number of hydrogen-bond acceptors (Lipinski definition) is 5. The Morgan fingerprint density at radius 2 is 1.83 bits per heavy atom. The molecule has 0 aromatic carbocycles. The molecule has 2 aromatic heterocycles. The molecule has 3 rings (SSSR count). The molecule has 1 aliphatic rings. The predicted molar refractivity (Wildman–Crippen MR) is 88.9 cm³/mol. The van der Waals surface area contributed by atoms with E-state index in [2.05, 4.69) is 20.8 Å². The molecule has 0 saturated heterocycles. The Bertz CT molecular complexity index is 831. The number of H-pyrrole nitrogens is 1. The first-order valence-corrected chi connectivity index (χ1v) is 7.99. The van der Waals surface area contributed by atoms with E-state index in [1.54, 1.807) is 4.57 Å². The van der Waals surface area contributed by atoms with Crippen LogP contribution in [0.5, 0.6) is 0 Å². The summed E-state index contributed by atoms with van der Waals surface area (Å²) in [5, 5.41) is 13.5. The van der Waals surface area contributed by atoms with E-state index in [-0.39, 0.29) is 17.4 Å². The summed E-state index contributed by atoms with van der Waals surface area (Å²) in [6.45, 7) is 6.85. The molecule has 0 aliphatic carbocycles. The number of fused-ring (bicyclic) bond motifs is 1. The maximum absolute atomic E-state index is 12.6. The van der Waals surface area contributed by atoms with Crippen molar-refractivity contribution in [3.05, 3.63) is 38.3 Å². The van der Waals surface area contributed by atoms with Gasteiger partial charge in [0.15, 0.2) is 0 Å². The third kappa shape index (κ3) is 2.54. The number of rotatable bonds is 5. The molecule has 3 heterocycles. The second-order valence-corrected chi connectivity index (χ2v) is 5.81. The Morgan fingerprint density at radius 1 is 1.13 bits per heavy atom. The minimum Gasteiger partial charge on any atom is -0.353 e. The molecule has 8 nitrogen and oxygen atoms in total. The van der Waals surface area contributed by atoms with Gasteiger partial charge >= 0.3 is 5.69 Å². The number of aromatic amines is 1. The number of aromatic nitrogens is 4. The maximum atomic E-state index is 12.6. The van der Waals surface area contributed by atoms with Crippen LogP contribution in [0.15, 0.2) is 15.7 Å². The Labute approximate surface area is 133 Å². The first kappa shape index (κ1) is 15.4. The molecule has 1 aliphatic heterocycles. The highest BCUT2D eigenvalue weighted by molar-refractivity contribution is 5.70. The lowest BCUT2D eigenvalue weighted by Crippen LogP contribution is -2.40. The van der Waals surface area contributed by atoms with Gasteiger partial charge in [-0.05, 0) is 25.8 Å². The first-order valence-electron chi connectivity index (χ1n) is 7.99. The zero-order valence-corrected chi connectivity index (χ0v) is 13.6. The average Bonchev–Trinajstić information content (AvgIpc) is 3.14. The van der Waals surface area contributed by atoms with Crippen LogP contribution in [0.25, 0.3) is 0 Å². The van der Waals surface area contributed by atoms with Gasteiger partial charge in [-0.2, -0.15) is 5.10 Å². The first-order chi connectivity index (χ1) is 11.1. The standard InChI is InChI=1S/C15H22N6O2/c1-4-6-20-13-11(14(22)21(7-5-2)15(20)23)16-12(17-13)10-8-9(3)18-19-10/h8,12,16-17H,4-7H2,1-3H3,(H,18,19). The summed E-state index contributed by atoms with van der Waals surface area (Å²) in [4.78, 5) is 25.2. The molecular weight excluding hydrogens is 296 g/mol. The van der Waals surface area contributed by atoms with Crippen LogP contribution in [-0.4, -0.2) is 19.3 Å². The van der Waals surface area contributed by atoms with Crippen molar-refractivity contribution in [2.45, 2.75) is 52.9 Å². The smallest absolute Gasteiger partial charge is 0.332 e. The average molecular weight is 318 g/mol. The fourth-order valence-corrected chi connectivity index (χ4v) is 2.88. The van der Waals surface area contributed by atoms with Crippen LogP contribution in [0, 0.1) is 6.92 Å². The molecule has 0 radical (unpaired) electrons. The third-order valence-electron chi connectivity index (χ3n) is 3.91. The summed E-state index contributed by atoms with van der Waals surface area (Å²) >= 11 is 0.